The van der Waals surface area contributed by atoms with Crippen molar-refractivity contribution >= 4 is 34.3 Å². The van der Waals surface area contributed by atoms with Crippen molar-refractivity contribution in [3.63, 3.8) is 0 Å². The van der Waals surface area contributed by atoms with Gasteiger partial charge in [-0.05, 0) is 35.9 Å². The molecular weight excluding hydrogens is 383 g/mol. The topological polar surface area (TPSA) is 34.9 Å². The number of para-hydroxylation sites is 2. The maximum Gasteiger partial charge on any atom is 0.266 e. The fourth-order valence-corrected chi connectivity index (χ4v) is 4.10. The number of rotatable bonds is 4. The summed E-state index contributed by atoms with van der Waals surface area (Å²) in [6.45, 7) is 0. The molecule has 0 aliphatic heterocycles. The van der Waals surface area contributed by atoms with Crippen LogP contribution in [0.1, 0.15) is 5.56 Å². The zero-order valence-corrected chi connectivity index (χ0v) is 15.7. The van der Waals surface area contributed by atoms with Crippen molar-refractivity contribution in [3.8, 4) is 5.69 Å². The smallest absolute Gasteiger partial charge is 0.266 e. The summed E-state index contributed by atoms with van der Waals surface area (Å²) in [6, 6.07) is 20.8. The fourth-order valence-electron chi connectivity index (χ4n) is 2.81. The van der Waals surface area contributed by atoms with Crippen LogP contribution < -0.4 is 5.56 Å². The van der Waals surface area contributed by atoms with Gasteiger partial charge >= 0.3 is 0 Å². The van der Waals surface area contributed by atoms with E-state index in [4.69, 9.17) is 11.6 Å². The van der Waals surface area contributed by atoms with Crippen LogP contribution in [-0.4, -0.2) is 9.55 Å². The highest BCUT2D eigenvalue weighted by Gasteiger charge is 2.16. The van der Waals surface area contributed by atoms with Gasteiger partial charge in [0.2, 0.25) is 0 Å². The van der Waals surface area contributed by atoms with Crippen molar-refractivity contribution in [1.29, 1.82) is 0 Å². The SMILES string of the molecule is O=c1c2ccccc2nc(SCc2ccccc2Cl)n1-c1ccccc1F. The van der Waals surface area contributed by atoms with Crippen LogP contribution in [0.3, 0.4) is 0 Å². The molecule has 0 unspecified atom stereocenters. The highest BCUT2D eigenvalue weighted by atomic mass is 35.5. The Bertz CT molecular complexity index is 1190. The molecule has 0 amide bonds. The number of hydrogen-bond acceptors (Lipinski definition) is 3. The highest BCUT2D eigenvalue weighted by Crippen LogP contribution is 2.28. The Morgan fingerprint density at radius 3 is 2.48 bits per heavy atom. The third-order valence-electron chi connectivity index (χ3n) is 4.15. The van der Waals surface area contributed by atoms with Crippen LogP contribution in [0, 0.1) is 5.82 Å². The molecule has 4 aromatic rings. The van der Waals surface area contributed by atoms with Gasteiger partial charge in [0.05, 0.1) is 16.6 Å². The lowest BCUT2D eigenvalue weighted by Crippen LogP contribution is -2.22. The van der Waals surface area contributed by atoms with Gasteiger partial charge in [-0.1, -0.05) is 65.8 Å². The van der Waals surface area contributed by atoms with E-state index in [0.717, 1.165) is 5.56 Å². The van der Waals surface area contributed by atoms with Crippen molar-refractivity contribution in [2.75, 3.05) is 0 Å². The van der Waals surface area contributed by atoms with Crippen LogP contribution in [-0.2, 0) is 5.75 Å². The molecule has 1 aromatic heterocycles. The van der Waals surface area contributed by atoms with Crippen molar-refractivity contribution in [2.45, 2.75) is 10.9 Å². The van der Waals surface area contributed by atoms with E-state index in [1.165, 1.54) is 22.4 Å². The Balaban J connectivity index is 1.88. The first-order chi connectivity index (χ1) is 13.1. The molecule has 1 heterocycles. The van der Waals surface area contributed by atoms with Gasteiger partial charge in [-0.2, -0.15) is 0 Å². The van der Waals surface area contributed by atoms with Crippen LogP contribution in [0.5, 0.6) is 0 Å². The van der Waals surface area contributed by atoms with E-state index >= 15 is 0 Å². The monoisotopic (exact) mass is 396 g/mol. The molecule has 0 N–H and O–H groups in total. The van der Waals surface area contributed by atoms with E-state index in [9.17, 15) is 9.18 Å². The van der Waals surface area contributed by atoms with Crippen molar-refractivity contribution in [2.24, 2.45) is 0 Å². The van der Waals surface area contributed by atoms with E-state index in [-0.39, 0.29) is 11.2 Å². The lowest BCUT2D eigenvalue weighted by atomic mass is 10.2. The van der Waals surface area contributed by atoms with Gasteiger partial charge < -0.3 is 0 Å². The van der Waals surface area contributed by atoms with Gasteiger partial charge in [0.15, 0.2) is 5.16 Å². The molecule has 4 rings (SSSR count). The van der Waals surface area contributed by atoms with Crippen molar-refractivity contribution in [1.82, 2.24) is 9.55 Å². The third-order valence-corrected chi connectivity index (χ3v) is 5.51. The molecule has 27 heavy (non-hydrogen) atoms. The number of aromatic nitrogens is 2. The second-order valence-corrected chi connectivity index (χ2v) is 7.23. The van der Waals surface area contributed by atoms with Crippen LogP contribution in [0.4, 0.5) is 4.39 Å². The number of halogens is 2. The average Bonchev–Trinajstić information content (AvgIpc) is 2.68. The first kappa shape index (κ1) is 17.8. The van der Waals surface area contributed by atoms with Gasteiger partial charge in [-0.15, -0.1) is 0 Å². The molecule has 0 saturated heterocycles. The molecular formula is C21H14ClFN2OS. The largest absolute Gasteiger partial charge is 0.268 e. The van der Waals surface area contributed by atoms with Gasteiger partial charge in [0.25, 0.3) is 5.56 Å². The quantitative estimate of drug-likeness (QED) is 0.339. The zero-order valence-electron chi connectivity index (χ0n) is 14.1. The molecule has 0 saturated carbocycles. The Kier molecular flexibility index (Phi) is 4.97. The molecule has 134 valence electrons. The molecule has 0 aliphatic rings. The molecule has 0 radical (unpaired) electrons. The molecule has 0 spiro atoms. The van der Waals surface area contributed by atoms with E-state index < -0.39 is 5.82 Å². The first-order valence-electron chi connectivity index (χ1n) is 8.28. The highest BCUT2D eigenvalue weighted by molar-refractivity contribution is 7.98. The minimum absolute atomic E-state index is 0.183. The van der Waals surface area contributed by atoms with E-state index in [1.807, 2.05) is 30.3 Å². The van der Waals surface area contributed by atoms with Gasteiger partial charge in [0, 0.05) is 10.8 Å². The molecule has 0 aliphatic carbocycles. The number of benzene rings is 3. The molecule has 0 fully saturated rings. The Hall–Kier alpha value is -2.63. The maximum atomic E-state index is 14.4. The lowest BCUT2D eigenvalue weighted by Gasteiger charge is -2.14. The lowest BCUT2D eigenvalue weighted by molar-refractivity contribution is 0.608. The zero-order chi connectivity index (χ0) is 18.8. The summed E-state index contributed by atoms with van der Waals surface area (Å²) in [7, 11) is 0. The Labute approximate surface area is 164 Å². The van der Waals surface area contributed by atoms with E-state index in [1.54, 1.807) is 36.4 Å². The standard InChI is InChI=1S/C21H14ClFN2OS/c22-16-9-3-1-7-14(16)13-27-21-24-18-11-5-2-8-15(18)20(26)25(21)19-12-6-4-10-17(19)23/h1-12H,13H2. The number of hydrogen-bond donors (Lipinski definition) is 0. The second-order valence-electron chi connectivity index (χ2n) is 5.88. The first-order valence-corrected chi connectivity index (χ1v) is 9.64. The summed E-state index contributed by atoms with van der Waals surface area (Å²) >= 11 is 7.58. The van der Waals surface area contributed by atoms with Gasteiger partial charge in [-0.25, -0.2) is 9.37 Å². The molecule has 6 heteroatoms. The predicted molar refractivity (Wildman–Crippen MR) is 108 cm³/mol. The van der Waals surface area contributed by atoms with E-state index in [0.29, 0.717) is 26.8 Å². The van der Waals surface area contributed by atoms with Crippen molar-refractivity contribution < 1.29 is 4.39 Å². The predicted octanol–water partition coefficient (Wildman–Crippen LogP) is 5.47. The Morgan fingerprint density at radius 2 is 1.67 bits per heavy atom. The van der Waals surface area contributed by atoms with Crippen molar-refractivity contribution in [3.05, 3.63) is 99.6 Å². The van der Waals surface area contributed by atoms with Crippen LogP contribution >= 0.6 is 23.4 Å². The maximum absolute atomic E-state index is 14.4. The molecule has 3 aromatic carbocycles. The minimum Gasteiger partial charge on any atom is -0.268 e. The van der Waals surface area contributed by atoms with E-state index in [2.05, 4.69) is 4.98 Å². The summed E-state index contributed by atoms with van der Waals surface area (Å²) in [4.78, 5) is 17.7. The molecule has 0 atom stereocenters. The summed E-state index contributed by atoms with van der Waals surface area (Å²) in [6.07, 6.45) is 0. The summed E-state index contributed by atoms with van der Waals surface area (Å²) in [5.41, 5.74) is 1.39. The Morgan fingerprint density at radius 1 is 0.963 bits per heavy atom. The summed E-state index contributed by atoms with van der Waals surface area (Å²) in [5, 5.41) is 1.51. The second kappa shape index (κ2) is 7.55. The minimum atomic E-state index is -0.476. The van der Waals surface area contributed by atoms with Crippen LogP contribution in [0.15, 0.2) is 82.7 Å². The van der Waals surface area contributed by atoms with Gasteiger partial charge in [-0.3, -0.25) is 9.36 Å². The summed E-state index contributed by atoms with van der Waals surface area (Å²) in [5.74, 6) is 0.0371. The summed E-state index contributed by atoms with van der Waals surface area (Å²) < 4.78 is 15.8. The third kappa shape index (κ3) is 3.48. The van der Waals surface area contributed by atoms with Crippen LogP contribution in [0.2, 0.25) is 5.02 Å². The van der Waals surface area contributed by atoms with Gasteiger partial charge in [0.1, 0.15) is 5.82 Å². The molecule has 0 bridgehead atoms. The normalized spacial score (nSPS) is 11.0. The average molecular weight is 397 g/mol. The number of nitrogens with zero attached hydrogens (tertiary/aromatic N) is 2. The number of fused-ring (bicyclic) bond motifs is 1. The number of thioether (sulfide) groups is 1. The van der Waals surface area contributed by atoms with Crippen LogP contribution in [0.25, 0.3) is 16.6 Å². The molecule has 3 nitrogen and oxygen atoms in total. The fraction of sp³-hybridized carbons (Fsp3) is 0.0476.